The van der Waals surface area contributed by atoms with Crippen LogP contribution in [-0.2, 0) is 0 Å². The van der Waals surface area contributed by atoms with Gasteiger partial charge >= 0.3 is 0 Å². The summed E-state index contributed by atoms with van der Waals surface area (Å²) in [7, 11) is 1.57. The Kier molecular flexibility index (Phi) is 3.62. The Bertz CT molecular complexity index is 516. The maximum absolute atomic E-state index is 5.87. The Morgan fingerprint density at radius 1 is 1.28 bits per heavy atom. The molecule has 5 nitrogen and oxygen atoms in total. The Balaban J connectivity index is 2.18. The first-order chi connectivity index (χ1) is 8.70. The van der Waals surface area contributed by atoms with Gasteiger partial charge in [-0.3, -0.25) is 4.98 Å². The molecule has 0 spiro atoms. The number of rotatable bonds is 4. The van der Waals surface area contributed by atoms with Crippen molar-refractivity contribution >= 4 is 11.5 Å². The molecular weight excluding hydrogens is 228 g/mol. The predicted molar refractivity (Wildman–Crippen MR) is 71.5 cm³/mol. The molecule has 94 valence electrons. The third-order valence-electron chi connectivity index (χ3n) is 2.59. The zero-order chi connectivity index (χ0) is 13.0. The fourth-order valence-corrected chi connectivity index (χ4v) is 1.59. The fraction of sp³-hybridized carbons (Fsp3) is 0.231. The van der Waals surface area contributed by atoms with Crippen LogP contribution in [0.4, 0.5) is 11.5 Å². The van der Waals surface area contributed by atoms with Crippen molar-refractivity contribution in [2.45, 2.75) is 13.0 Å². The number of ether oxygens (including phenoxy) is 1. The van der Waals surface area contributed by atoms with E-state index in [0.29, 0.717) is 17.4 Å². The van der Waals surface area contributed by atoms with Gasteiger partial charge in [0, 0.05) is 12.3 Å². The fourth-order valence-electron chi connectivity index (χ4n) is 1.59. The van der Waals surface area contributed by atoms with E-state index < -0.39 is 0 Å². The molecule has 0 aliphatic carbocycles. The van der Waals surface area contributed by atoms with Crippen LogP contribution in [0.2, 0.25) is 0 Å². The second-order valence-corrected chi connectivity index (χ2v) is 3.91. The number of anilines is 2. The van der Waals surface area contributed by atoms with Gasteiger partial charge in [-0.05, 0) is 25.1 Å². The molecule has 0 bridgehead atoms. The van der Waals surface area contributed by atoms with E-state index in [1.54, 1.807) is 25.4 Å². The van der Waals surface area contributed by atoms with Gasteiger partial charge in [0.1, 0.15) is 0 Å². The number of aromatic nitrogens is 2. The average Bonchev–Trinajstić information content (AvgIpc) is 2.42. The minimum absolute atomic E-state index is 0.0214. The van der Waals surface area contributed by atoms with Crippen molar-refractivity contribution in [1.29, 1.82) is 0 Å². The maximum Gasteiger partial charge on any atom is 0.215 e. The van der Waals surface area contributed by atoms with Crippen LogP contribution in [0.3, 0.4) is 0 Å². The van der Waals surface area contributed by atoms with Crippen LogP contribution in [0.25, 0.3) is 0 Å². The van der Waals surface area contributed by atoms with Crippen molar-refractivity contribution in [2.75, 3.05) is 18.2 Å². The van der Waals surface area contributed by atoms with Crippen molar-refractivity contribution < 1.29 is 4.74 Å². The molecule has 0 radical (unpaired) electrons. The van der Waals surface area contributed by atoms with Crippen LogP contribution in [0.1, 0.15) is 18.7 Å². The summed E-state index contributed by atoms with van der Waals surface area (Å²) in [4.78, 5) is 8.55. The molecule has 0 saturated carbocycles. The standard InChI is InChI=1S/C13H16N4O/c1-9(11-5-3-4-8-15-11)16-13-10(14)6-7-12(17-13)18-2/h3-9H,14H2,1-2H3,(H,16,17). The van der Waals surface area contributed by atoms with E-state index in [2.05, 4.69) is 15.3 Å². The van der Waals surface area contributed by atoms with Gasteiger partial charge in [0.05, 0.1) is 24.5 Å². The summed E-state index contributed by atoms with van der Waals surface area (Å²) in [6.45, 7) is 2.00. The van der Waals surface area contributed by atoms with Gasteiger partial charge in [0.25, 0.3) is 0 Å². The van der Waals surface area contributed by atoms with Crippen LogP contribution < -0.4 is 15.8 Å². The van der Waals surface area contributed by atoms with Gasteiger partial charge in [-0.1, -0.05) is 6.07 Å². The first kappa shape index (κ1) is 12.2. The molecule has 0 amide bonds. The van der Waals surface area contributed by atoms with Gasteiger partial charge in [-0.2, -0.15) is 4.98 Å². The Morgan fingerprint density at radius 3 is 2.78 bits per heavy atom. The number of nitrogens with two attached hydrogens (primary N) is 1. The van der Waals surface area contributed by atoms with E-state index in [1.165, 1.54) is 0 Å². The molecule has 0 aliphatic rings. The molecular formula is C13H16N4O. The number of hydrogen-bond donors (Lipinski definition) is 2. The van der Waals surface area contributed by atoms with Gasteiger partial charge in [0.2, 0.25) is 5.88 Å². The van der Waals surface area contributed by atoms with Crippen LogP contribution in [0, 0.1) is 0 Å². The van der Waals surface area contributed by atoms with E-state index in [1.807, 2.05) is 25.1 Å². The summed E-state index contributed by atoms with van der Waals surface area (Å²) >= 11 is 0. The smallest absolute Gasteiger partial charge is 0.215 e. The molecule has 5 heteroatoms. The number of pyridine rings is 2. The lowest BCUT2D eigenvalue weighted by Crippen LogP contribution is -2.11. The second-order valence-electron chi connectivity index (χ2n) is 3.91. The molecule has 0 fully saturated rings. The van der Waals surface area contributed by atoms with Gasteiger partial charge in [0.15, 0.2) is 5.82 Å². The molecule has 1 atom stereocenters. The highest BCUT2D eigenvalue weighted by molar-refractivity contribution is 5.62. The normalized spacial score (nSPS) is 11.9. The Labute approximate surface area is 106 Å². The van der Waals surface area contributed by atoms with Crippen LogP contribution in [0.5, 0.6) is 5.88 Å². The molecule has 18 heavy (non-hydrogen) atoms. The first-order valence-electron chi connectivity index (χ1n) is 5.68. The van der Waals surface area contributed by atoms with E-state index in [-0.39, 0.29) is 6.04 Å². The number of hydrogen-bond acceptors (Lipinski definition) is 5. The Hall–Kier alpha value is -2.30. The molecule has 1 unspecified atom stereocenters. The van der Waals surface area contributed by atoms with Crippen LogP contribution in [0.15, 0.2) is 36.5 Å². The third kappa shape index (κ3) is 2.68. The third-order valence-corrected chi connectivity index (χ3v) is 2.59. The SMILES string of the molecule is COc1ccc(N)c(NC(C)c2ccccn2)n1. The lowest BCUT2D eigenvalue weighted by atomic mass is 10.2. The highest BCUT2D eigenvalue weighted by atomic mass is 16.5. The van der Waals surface area contributed by atoms with Gasteiger partial charge in [-0.25, -0.2) is 0 Å². The molecule has 2 rings (SSSR count). The monoisotopic (exact) mass is 244 g/mol. The highest BCUT2D eigenvalue weighted by Crippen LogP contribution is 2.23. The summed E-state index contributed by atoms with van der Waals surface area (Å²) < 4.78 is 5.07. The summed E-state index contributed by atoms with van der Waals surface area (Å²) in [5.41, 5.74) is 7.38. The summed E-state index contributed by atoms with van der Waals surface area (Å²) in [6.07, 6.45) is 1.76. The summed E-state index contributed by atoms with van der Waals surface area (Å²) in [5, 5.41) is 3.22. The van der Waals surface area contributed by atoms with E-state index in [0.717, 1.165) is 5.69 Å². The van der Waals surface area contributed by atoms with Crippen molar-refractivity contribution in [1.82, 2.24) is 9.97 Å². The Morgan fingerprint density at radius 2 is 2.11 bits per heavy atom. The predicted octanol–water partition coefficient (Wildman–Crippen LogP) is 2.24. The molecule has 3 N–H and O–H groups in total. The molecule has 0 saturated heterocycles. The molecule has 2 heterocycles. The number of nitrogens with one attached hydrogen (secondary N) is 1. The van der Waals surface area contributed by atoms with E-state index >= 15 is 0 Å². The van der Waals surface area contributed by atoms with Crippen molar-refractivity contribution in [3.63, 3.8) is 0 Å². The minimum Gasteiger partial charge on any atom is -0.481 e. The van der Waals surface area contributed by atoms with Crippen LogP contribution >= 0.6 is 0 Å². The van der Waals surface area contributed by atoms with Crippen molar-refractivity contribution in [2.24, 2.45) is 0 Å². The lowest BCUT2D eigenvalue weighted by molar-refractivity contribution is 0.398. The van der Waals surface area contributed by atoms with Gasteiger partial charge < -0.3 is 15.8 Å². The van der Waals surface area contributed by atoms with E-state index in [9.17, 15) is 0 Å². The molecule has 0 aliphatic heterocycles. The maximum atomic E-state index is 5.87. The zero-order valence-corrected chi connectivity index (χ0v) is 10.4. The zero-order valence-electron chi connectivity index (χ0n) is 10.4. The number of methoxy groups -OCH3 is 1. The highest BCUT2D eigenvalue weighted by Gasteiger charge is 2.10. The second kappa shape index (κ2) is 5.35. The van der Waals surface area contributed by atoms with Crippen molar-refractivity contribution in [3.05, 3.63) is 42.2 Å². The average molecular weight is 244 g/mol. The van der Waals surface area contributed by atoms with Crippen LogP contribution in [-0.4, -0.2) is 17.1 Å². The molecule has 0 aromatic carbocycles. The first-order valence-corrected chi connectivity index (χ1v) is 5.68. The van der Waals surface area contributed by atoms with Gasteiger partial charge in [-0.15, -0.1) is 0 Å². The topological polar surface area (TPSA) is 73.1 Å². The number of nitrogens with zero attached hydrogens (tertiary/aromatic N) is 2. The largest absolute Gasteiger partial charge is 0.481 e. The van der Waals surface area contributed by atoms with E-state index in [4.69, 9.17) is 10.5 Å². The quantitative estimate of drug-likeness (QED) is 0.862. The summed E-state index contributed by atoms with van der Waals surface area (Å²) in [5.74, 6) is 1.13. The summed E-state index contributed by atoms with van der Waals surface area (Å²) in [6, 6.07) is 9.30. The lowest BCUT2D eigenvalue weighted by Gasteiger charge is -2.15. The number of nitrogen functional groups attached to an aromatic ring is 1. The van der Waals surface area contributed by atoms with Crippen molar-refractivity contribution in [3.8, 4) is 5.88 Å². The minimum atomic E-state index is 0.0214. The molecule has 2 aromatic heterocycles. The molecule has 2 aromatic rings.